The summed E-state index contributed by atoms with van der Waals surface area (Å²) in [4.78, 5) is 11.5. The van der Waals surface area contributed by atoms with Crippen LogP contribution in [0, 0.1) is 0 Å². The van der Waals surface area contributed by atoms with Crippen molar-refractivity contribution in [2.75, 3.05) is 6.54 Å². The number of phenols is 2. The maximum absolute atomic E-state index is 11.5. The highest BCUT2D eigenvalue weighted by atomic mass is 16.3. The zero-order chi connectivity index (χ0) is 14.1. The van der Waals surface area contributed by atoms with Gasteiger partial charge in [0, 0.05) is 13.1 Å². The molecule has 0 radical (unpaired) electrons. The molecule has 4 N–H and O–H groups in total. The van der Waals surface area contributed by atoms with Crippen LogP contribution in [-0.4, -0.2) is 22.8 Å². The summed E-state index contributed by atoms with van der Waals surface area (Å²) in [6.07, 6.45) is 4.48. The van der Waals surface area contributed by atoms with Gasteiger partial charge in [0.15, 0.2) is 11.5 Å². The van der Waals surface area contributed by atoms with Gasteiger partial charge in [-0.2, -0.15) is 0 Å². The van der Waals surface area contributed by atoms with Crippen LogP contribution in [-0.2, 0) is 6.54 Å². The molecule has 0 spiro atoms. The molecule has 106 valence electrons. The molecule has 0 saturated heterocycles. The van der Waals surface area contributed by atoms with Crippen molar-refractivity contribution in [1.29, 1.82) is 0 Å². The Hall–Kier alpha value is -1.91. The summed E-state index contributed by atoms with van der Waals surface area (Å²) in [6, 6.07) is 4.26. The molecule has 0 bridgehead atoms. The Labute approximate surface area is 113 Å². The SMILES string of the molecule is CCCCCCNC(=O)NCc1ccc(O)c(O)c1. The Balaban J connectivity index is 2.20. The van der Waals surface area contributed by atoms with Gasteiger partial charge < -0.3 is 20.8 Å². The molecule has 0 aromatic heterocycles. The molecule has 5 heteroatoms. The van der Waals surface area contributed by atoms with Crippen LogP contribution in [0.3, 0.4) is 0 Å². The smallest absolute Gasteiger partial charge is 0.315 e. The van der Waals surface area contributed by atoms with E-state index in [9.17, 15) is 9.90 Å². The Morgan fingerprint density at radius 3 is 2.58 bits per heavy atom. The second-order valence-corrected chi connectivity index (χ2v) is 4.49. The summed E-state index contributed by atoms with van der Waals surface area (Å²) in [7, 11) is 0. The number of unbranched alkanes of at least 4 members (excludes halogenated alkanes) is 3. The van der Waals surface area contributed by atoms with Crippen molar-refractivity contribution in [3.63, 3.8) is 0 Å². The first-order valence-corrected chi connectivity index (χ1v) is 6.66. The van der Waals surface area contributed by atoms with Crippen LogP contribution < -0.4 is 10.6 Å². The highest BCUT2D eigenvalue weighted by Crippen LogP contribution is 2.24. The molecule has 19 heavy (non-hydrogen) atoms. The maximum Gasteiger partial charge on any atom is 0.315 e. The van der Waals surface area contributed by atoms with Gasteiger partial charge in [0.05, 0.1) is 0 Å². The monoisotopic (exact) mass is 266 g/mol. The summed E-state index contributed by atoms with van der Waals surface area (Å²) in [6.45, 7) is 3.13. The van der Waals surface area contributed by atoms with Crippen LogP contribution in [0.1, 0.15) is 38.2 Å². The Morgan fingerprint density at radius 1 is 1.11 bits per heavy atom. The van der Waals surface area contributed by atoms with Gasteiger partial charge in [-0.1, -0.05) is 32.3 Å². The minimum atomic E-state index is -0.218. The number of carbonyl (C=O) groups is 1. The highest BCUT2D eigenvalue weighted by molar-refractivity contribution is 5.73. The molecule has 0 heterocycles. The third-order valence-corrected chi connectivity index (χ3v) is 2.81. The van der Waals surface area contributed by atoms with E-state index < -0.39 is 0 Å². The van der Waals surface area contributed by atoms with Gasteiger partial charge >= 0.3 is 6.03 Å². The third-order valence-electron chi connectivity index (χ3n) is 2.81. The molecule has 0 fully saturated rings. The number of phenolic OH excluding ortho intramolecular Hbond substituents is 2. The topological polar surface area (TPSA) is 81.6 Å². The Bertz CT molecular complexity index is 408. The zero-order valence-corrected chi connectivity index (χ0v) is 11.3. The van der Waals surface area contributed by atoms with Crippen molar-refractivity contribution in [3.05, 3.63) is 23.8 Å². The van der Waals surface area contributed by atoms with Gasteiger partial charge in [0.2, 0.25) is 0 Å². The number of urea groups is 1. The minimum absolute atomic E-state index is 0.163. The standard InChI is InChI=1S/C14H22N2O3/c1-2-3-4-5-8-15-14(19)16-10-11-6-7-12(17)13(18)9-11/h6-7,9,17-18H,2-5,8,10H2,1H3,(H2,15,16,19). The molecule has 0 saturated carbocycles. The minimum Gasteiger partial charge on any atom is -0.504 e. The lowest BCUT2D eigenvalue weighted by Crippen LogP contribution is -2.35. The average molecular weight is 266 g/mol. The summed E-state index contributed by atoms with van der Waals surface area (Å²) >= 11 is 0. The second-order valence-electron chi connectivity index (χ2n) is 4.49. The lowest BCUT2D eigenvalue weighted by molar-refractivity contribution is 0.240. The van der Waals surface area contributed by atoms with Crippen LogP contribution in [0.15, 0.2) is 18.2 Å². The van der Waals surface area contributed by atoms with Crippen molar-refractivity contribution in [2.45, 2.75) is 39.2 Å². The Morgan fingerprint density at radius 2 is 1.89 bits per heavy atom. The fourth-order valence-electron chi connectivity index (χ4n) is 1.68. The van der Waals surface area contributed by atoms with Crippen molar-refractivity contribution < 1.29 is 15.0 Å². The molecule has 0 aliphatic carbocycles. The number of nitrogens with one attached hydrogen (secondary N) is 2. The lowest BCUT2D eigenvalue weighted by atomic mass is 10.2. The van der Waals surface area contributed by atoms with E-state index in [1.807, 2.05) is 0 Å². The fraction of sp³-hybridized carbons (Fsp3) is 0.500. The molecular formula is C14H22N2O3. The molecule has 1 rings (SSSR count). The number of benzene rings is 1. The van der Waals surface area contributed by atoms with Gasteiger partial charge in [-0.3, -0.25) is 0 Å². The number of amides is 2. The number of rotatable bonds is 7. The normalized spacial score (nSPS) is 10.2. The summed E-state index contributed by atoms with van der Waals surface area (Å²) in [5.41, 5.74) is 0.733. The highest BCUT2D eigenvalue weighted by Gasteiger charge is 2.03. The third kappa shape index (κ3) is 5.99. The Kier molecular flexibility index (Phi) is 6.57. The molecule has 0 unspecified atom stereocenters. The first kappa shape index (κ1) is 15.1. The lowest BCUT2D eigenvalue weighted by Gasteiger charge is -2.08. The van der Waals surface area contributed by atoms with E-state index in [-0.39, 0.29) is 17.5 Å². The quantitative estimate of drug-likeness (QED) is 0.452. The summed E-state index contributed by atoms with van der Waals surface area (Å²) in [5, 5.41) is 23.9. The number of hydrogen-bond donors (Lipinski definition) is 4. The molecule has 0 aliphatic rings. The van der Waals surface area contributed by atoms with Crippen molar-refractivity contribution in [2.24, 2.45) is 0 Å². The van der Waals surface area contributed by atoms with Crippen LogP contribution in [0.2, 0.25) is 0 Å². The number of hydrogen-bond acceptors (Lipinski definition) is 3. The van der Waals surface area contributed by atoms with E-state index in [1.54, 1.807) is 6.07 Å². The van der Waals surface area contributed by atoms with E-state index in [4.69, 9.17) is 5.11 Å². The molecule has 0 atom stereocenters. The van der Waals surface area contributed by atoms with E-state index in [1.165, 1.54) is 25.0 Å². The molecule has 0 aliphatic heterocycles. The van der Waals surface area contributed by atoms with Crippen molar-refractivity contribution in [3.8, 4) is 11.5 Å². The van der Waals surface area contributed by atoms with Gasteiger partial charge in [0.1, 0.15) is 0 Å². The number of aromatic hydroxyl groups is 2. The van der Waals surface area contributed by atoms with Crippen molar-refractivity contribution in [1.82, 2.24) is 10.6 Å². The van der Waals surface area contributed by atoms with Crippen LogP contribution in [0.5, 0.6) is 11.5 Å². The predicted octanol–water partition coefficient (Wildman–Crippen LogP) is 2.48. The van der Waals surface area contributed by atoms with E-state index in [2.05, 4.69) is 17.6 Å². The zero-order valence-electron chi connectivity index (χ0n) is 11.3. The molecular weight excluding hydrogens is 244 g/mol. The first-order valence-electron chi connectivity index (χ1n) is 6.66. The molecule has 2 amide bonds. The van der Waals surface area contributed by atoms with Crippen LogP contribution in [0.4, 0.5) is 4.79 Å². The summed E-state index contributed by atoms with van der Waals surface area (Å²) < 4.78 is 0. The van der Waals surface area contributed by atoms with Gasteiger partial charge in [-0.15, -0.1) is 0 Å². The van der Waals surface area contributed by atoms with E-state index in [0.717, 1.165) is 18.4 Å². The van der Waals surface area contributed by atoms with Crippen LogP contribution in [0.25, 0.3) is 0 Å². The average Bonchev–Trinajstić information content (AvgIpc) is 2.40. The van der Waals surface area contributed by atoms with Crippen molar-refractivity contribution >= 4 is 6.03 Å². The van der Waals surface area contributed by atoms with E-state index in [0.29, 0.717) is 13.1 Å². The molecule has 1 aromatic carbocycles. The largest absolute Gasteiger partial charge is 0.504 e. The summed E-state index contributed by atoms with van der Waals surface area (Å²) in [5.74, 6) is -0.344. The first-order chi connectivity index (χ1) is 9.13. The van der Waals surface area contributed by atoms with E-state index >= 15 is 0 Å². The van der Waals surface area contributed by atoms with Gasteiger partial charge in [-0.05, 0) is 24.1 Å². The van der Waals surface area contributed by atoms with Crippen LogP contribution >= 0.6 is 0 Å². The van der Waals surface area contributed by atoms with Gasteiger partial charge in [-0.25, -0.2) is 4.79 Å². The molecule has 1 aromatic rings. The molecule has 5 nitrogen and oxygen atoms in total. The predicted molar refractivity (Wildman–Crippen MR) is 74.2 cm³/mol. The maximum atomic E-state index is 11.5. The second kappa shape index (κ2) is 8.24. The van der Waals surface area contributed by atoms with Gasteiger partial charge in [0.25, 0.3) is 0 Å². The fourth-order valence-corrected chi connectivity index (χ4v) is 1.68. The number of carbonyl (C=O) groups excluding carboxylic acids is 1.